The Labute approximate surface area is 129 Å². The van der Waals surface area contributed by atoms with Gasteiger partial charge in [0.15, 0.2) is 0 Å². The Morgan fingerprint density at radius 3 is 2.55 bits per heavy atom. The molecular weight excluding hydrogens is 334 g/mol. The van der Waals surface area contributed by atoms with Gasteiger partial charge in [0.2, 0.25) is 0 Å². The lowest BCUT2D eigenvalue weighted by atomic mass is 10.1. The van der Waals surface area contributed by atoms with Crippen molar-refractivity contribution in [3.8, 4) is 0 Å². The molecule has 1 atom stereocenters. The van der Waals surface area contributed by atoms with E-state index in [2.05, 4.69) is 43.3 Å². The zero-order valence-corrected chi connectivity index (χ0v) is 12.9. The van der Waals surface area contributed by atoms with Gasteiger partial charge in [0.25, 0.3) is 0 Å². The lowest BCUT2D eigenvalue weighted by Gasteiger charge is -2.17. The van der Waals surface area contributed by atoms with Crippen molar-refractivity contribution in [3.63, 3.8) is 0 Å². The maximum atomic E-state index is 4.43. The Bertz CT molecular complexity index is 653. The molecule has 0 aliphatic heterocycles. The van der Waals surface area contributed by atoms with E-state index in [1.54, 1.807) is 17.5 Å². The molecule has 3 aromatic rings. The van der Waals surface area contributed by atoms with Gasteiger partial charge in [0.05, 0.1) is 0 Å². The van der Waals surface area contributed by atoms with Gasteiger partial charge >= 0.3 is 0 Å². The third kappa shape index (κ3) is 3.05. The van der Waals surface area contributed by atoms with Crippen LogP contribution in [0.3, 0.4) is 0 Å². The molecule has 0 spiro atoms. The minimum absolute atomic E-state index is 0.0184. The van der Waals surface area contributed by atoms with Gasteiger partial charge in [0.1, 0.15) is 16.9 Å². The number of thiazole rings is 1. The first kappa shape index (κ1) is 13.3. The van der Waals surface area contributed by atoms with Crippen molar-refractivity contribution in [3.05, 3.63) is 75.3 Å². The van der Waals surface area contributed by atoms with Gasteiger partial charge in [-0.3, -0.25) is 0 Å². The summed E-state index contributed by atoms with van der Waals surface area (Å²) in [6.45, 7) is 0. The van der Waals surface area contributed by atoms with E-state index in [1.807, 2.05) is 41.9 Å². The van der Waals surface area contributed by atoms with E-state index in [-0.39, 0.29) is 6.04 Å². The van der Waals surface area contributed by atoms with Crippen molar-refractivity contribution in [2.75, 3.05) is 5.32 Å². The van der Waals surface area contributed by atoms with E-state index in [0.717, 1.165) is 15.3 Å². The summed E-state index contributed by atoms with van der Waals surface area (Å²) in [6.07, 6.45) is 3.61. The summed E-state index contributed by atoms with van der Waals surface area (Å²) < 4.78 is 0.966. The number of anilines is 1. The smallest absolute Gasteiger partial charge is 0.126 e. The van der Waals surface area contributed by atoms with E-state index >= 15 is 0 Å². The fourth-order valence-electron chi connectivity index (χ4n) is 1.92. The van der Waals surface area contributed by atoms with Crippen molar-refractivity contribution < 1.29 is 0 Å². The summed E-state index contributed by atoms with van der Waals surface area (Å²) in [5.41, 5.74) is 1.17. The molecule has 3 nitrogen and oxygen atoms in total. The average Bonchev–Trinajstić information content (AvgIpc) is 3.01. The first-order chi connectivity index (χ1) is 9.83. The lowest BCUT2D eigenvalue weighted by Crippen LogP contribution is -2.12. The number of pyridine rings is 1. The lowest BCUT2D eigenvalue weighted by molar-refractivity contribution is 0.910. The van der Waals surface area contributed by atoms with Crippen molar-refractivity contribution in [1.82, 2.24) is 9.97 Å². The van der Waals surface area contributed by atoms with Gasteiger partial charge in [-0.15, -0.1) is 11.3 Å². The van der Waals surface area contributed by atoms with Crippen LogP contribution in [0.2, 0.25) is 0 Å². The van der Waals surface area contributed by atoms with E-state index < -0.39 is 0 Å². The number of hydrogen-bond acceptors (Lipinski definition) is 4. The predicted molar refractivity (Wildman–Crippen MR) is 86.0 cm³/mol. The molecule has 2 heterocycles. The topological polar surface area (TPSA) is 37.8 Å². The highest BCUT2D eigenvalue weighted by molar-refractivity contribution is 9.10. The Morgan fingerprint density at radius 2 is 1.90 bits per heavy atom. The van der Waals surface area contributed by atoms with E-state index in [4.69, 9.17) is 0 Å². The summed E-state index contributed by atoms with van der Waals surface area (Å²) in [7, 11) is 0. The van der Waals surface area contributed by atoms with Crippen LogP contribution in [0.5, 0.6) is 0 Å². The third-order valence-electron chi connectivity index (χ3n) is 2.85. The zero-order chi connectivity index (χ0) is 13.8. The summed E-state index contributed by atoms with van der Waals surface area (Å²) in [5.74, 6) is 0.831. The number of nitrogens with zero attached hydrogens (tertiary/aromatic N) is 2. The molecule has 1 unspecified atom stereocenters. The van der Waals surface area contributed by atoms with Crippen molar-refractivity contribution in [2.45, 2.75) is 6.04 Å². The highest BCUT2D eigenvalue weighted by Gasteiger charge is 2.16. The van der Waals surface area contributed by atoms with Crippen LogP contribution in [-0.2, 0) is 0 Å². The van der Waals surface area contributed by atoms with Gasteiger partial charge in [-0.2, -0.15) is 0 Å². The monoisotopic (exact) mass is 345 g/mol. The van der Waals surface area contributed by atoms with Crippen LogP contribution in [-0.4, -0.2) is 9.97 Å². The van der Waals surface area contributed by atoms with Gasteiger partial charge in [0, 0.05) is 22.2 Å². The molecule has 0 bridgehead atoms. The van der Waals surface area contributed by atoms with Gasteiger partial charge in [-0.05, 0) is 33.6 Å². The zero-order valence-electron chi connectivity index (χ0n) is 10.5. The Morgan fingerprint density at radius 1 is 1.05 bits per heavy atom. The largest absolute Gasteiger partial charge is 0.357 e. The number of nitrogens with one attached hydrogen (secondary N) is 1. The van der Waals surface area contributed by atoms with Crippen molar-refractivity contribution >= 4 is 33.1 Å². The number of aromatic nitrogens is 2. The van der Waals surface area contributed by atoms with E-state index in [9.17, 15) is 0 Å². The van der Waals surface area contributed by atoms with Crippen molar-refractivity contribution in [1.29, 1.82) is 0 Å². The fraction of sp³-hybridized carbons (Fsp3) is 0.0667. The fourth-order valence-corrected chi connectivity index (χ4v) is 2.87. The number of rotatable bonds is 4. The quantitative estimate of drug-likeness (QED) is 0.756. The Balaban J connectivity index is 1.92. The molecule has 0 saturated carbocycles. The third-order valence-corrected chi connectivity index (χ3v) is 4.16. The first-order valence-corrected chi connectivity index (χ1v) is 7.82. The number of halogens is 1. The maximum Gasteiger partial charge on any atom is 0.126 e. The van der Waals surface area contributed by atoms with Crippen LogP contribution in [0, 0.1) is 0 Å². The normalized spacial score (nSPS) is 12.1. The highest BCUT2D eigenvalue weighted by atomic mass is 79.9. The standard InChI is InChI=1S/C15H12BrN3S/c16-12-6-7-13(18-10-12)19-14(15-17-8-9-20-15)11-4-2-1-3-5-11/h1-10,14H,(H,18,19). The van der Waals surface area contributed by atoms with Crippen LogP contribution in [0.4, 0.5) is 5.82 Å². The first-order valence-electron chi connectivity index (χ1n) is 6.15. The Kier molecular flexibility index (Phi) is 4.08. The van der Waals surface area contributed by atoms with Crippen LogP contribution >= 0.6 is 27.3 Å². The van der Waals surface area contributed by atoms with E-state index in [1.165, 1.54) is 5.56 Å². The van der Waals surface area contributed by atoms with Crippen LogP contribution in [0.25, 0.3) is 0 Å². The summed E-state index contributed by atoms with van der Waals surface area (Å²) in [6, 6.07) is 14.2. The molecule has 0 radical (unpaired) electrons. The molecule has 5 heteroatoms. The number of benzene rings is 1. The van der Waals surface area contributed by atoms with Crippen LogP contribution < -0.4 is 5.32 Å². The number of hydrogen-bond donors (Lipinski definition) is 1. The molecule has 3 rings (SSSR count). The Hall–Kier alpha value is -1.72. The molecule has 0 saturated heterocycles. The second-order valence-corrected chi connectivity index (χ2v) is 6.06. The molecule has 0 amide bonds. The summed E-state index contributed by atoms with van der Waals surface area (Å²) in [5, 5.41) is 6.46. The molecule has 0 aliphatic carbocycles. The van der Waals surface area contributed by atoms with Gasteiger partial charge in [-0.1, -0.05) is 30.3 Å². The van der Waals surface area contributed by atoms with Gasteiger partial charge in [-0.25, -0.2) is 9.97 Å². The highest BCUT2D eigenvalue weighted by Crippen LogP contribution is 2.27. The summed E-state index contributed by atoms with van der Waals surface area (Å²) in [4.78, 5) is 8.80. The minimum atomic E-state index is 0.0184. The molecule has 1 aromatic carbocycles. The second-order valence-electron chi connectivity index (χ2n) is 4.22. The van der Waals surface area contributed by atoms with E-state index in [0.29, 0.717) is 0 Å². The maximum absolute atomic E-state index is 4.43. The molecule has 0 aliphatic rings. The molecule has 100 valence electrons. The molecule has 0 fully saturated rings. The SMILES string of the molecule is Brc1ccc(NC(c2ccccc2)c2nccs2)nc1. The van der Waals surface area contributed by atoms with Crippen molar-refractivity contribution in [2.24, 2.45) is 0 Å². The summed E-state index contributed by atoms with van der Waals surface area (Å²) >= 11 is 5.03. The molecule has 1 N–H and O–H groups in total. The average molecular weight is 346 g/mol. The van der Waals surface area contributed by atoms with Crippen LogP contribution in [0.1, 0.15) is 16.6 Å². The molecule has 20 heavy (non-hydrogen) atoms. The predicted octanol–water partition coefficient (Wildman–Crippen LogP) is 4.50. The molecular formula is C15H12BrN3S. The van der Waals surface area contributed by atoms with Gasteiger partial charge < -0.3 is 5.32 Å². The molecule has 2 aromatic heterocycles. The van der Waals surface area contributed by atoms with Crippen LogP contribution in [0.15, 0.2) is 64.7 Å². The minimum Gasteiger partial charge on any atom is -0.357 e. The second kappa shape index (κ2) is 6.15.